The number of hydrogen-bond donors (Lipinski definition) is 5. The number of carboxylic acid groups (broad SMARTS) is 1. The number of hydrogen-bond acceptors (Lipinski definition) is 10. The third-order valence-electron chi connectivity index (χ3n) is 10.5. The van der Waals surface area contributed by atoms with Crippen molar-refractivity contribution in [3.05, 3.63) is 60.8 Å². The van der Waals surface area contributed by atoms with Crippen molar-refractivity contribution in [2.45, 2.75) is 217 Å². The molecule has 0 spiro atoms. The van der Waals surface area contributed by atoms with E-state index in [0.29, 0.717) is 6.42 Å². The molecule has 6 N–H and O–H groups in total. The number of thioether (sulfide) groups is 1. The SMILES string of the molecule is CCCCC/C=C\C\C=C/C=C/C=C/[C@@H](SC[C@H](N)C(=O)OC[C@H](COP(=O)(O)O)OC(=O)CCCCCCCCCCCCC/C=C\CCCCCCCC)[C@@H](O)CCCC(=O)O. The van der Waals surface area contributed by atoms with Crippen molar-refractivity contribution >= 4 is 37.5 Å². The van der Waals surface area contributed by atoms with Crippen LogP contribution in [0.4, 0.5) is 0 Å². The molecule has 0 saturated heterocycles. The number of esters is 2. The van der Waals surface area contributed by atoms with Gasteiger partial charge in [-0.25, -0.2) is 4.57 Å². The average molecular weight is 942 g/mol. The first-order chi connectivity index (χ1) is 30.9. The van der Waals surface area contributed by atoms with Gasteiger partial charge in [0.05, 0.1) is 12.7 Å². The third kappa shape index (κ3) is 43.4. The molecule has 64 heavy (non-hydrogen) atoms. The standard InChI is InChI=1S/C50H88NO11PS/c1-3-5-7-9-11-13-15-17-18-19-20-21-22-23-24-25-27-29-31-33-35-40-49(55)62-44(42-61-63(57,58)59)41-60-50(56)45(51)43-64-47(46(52)37-36-39-48(53)54)38-34-32-30-28-26-16-14-12-10-8-6-4-2/h12,14,17-18,26,28,30,32,34,38,44-47,52H,3-11,13,15-16,19-25,27,29,31,33,35-37,39-43,51H2,1-2H3,(H,53,54)(H2,57,58,59)/b14-12-,18-17-,28-26-,32-30+,38-34+/t44-,45+,46+,47-/m1/s1. The molecule has 14 heteroatoms. The van der Waals surface area contributed by atoms with Crippen LogP contribution in [0.25, 0.3) is 0 Å². The van der Waals surface area contributed by atoms with Crippen LogP contribution in [-0.2, 0) is 32.9 Å². The molecule has 370 valence electrons. The molecular formula is C50H88NO11PS. The number of ether oxygens (including phenoxy) is 2. The predicted octanol–water partition coefficient (Wildman–Crippen LogP) is 12.2. The summed E-state index contributed by atoms with van der Waals surface area (Å²) >= 11 is 1.21. The van der Waals surface area contributed by atoms with E-state index in [0.717, 1.165) is 38.5 Å². The van der Waals surface area contributed by atoms with Gasteiger partial charge in [0.25, 0.3) is 0 Å². The number of aliphatic hydroxyl groups excluding tert-OH is 1. The third-order valence-corrected chi connectivity index (χ3v) is 12.4. The smallest absolute Gasteiger partial charge is 0.469 e. The molecule has 0 unspecified atom stereocenters. The highest BCUT2D eigenvalue weighted by molar-refractivity contribution is 8.00. The molecule has 0 aromatic carbocycles. The van der Waals surface area contributed by atoms with Crippen LogP contribution in [-0.4, -0.2) is 80.4 Å². The fourth-order valence-corrected chi connectivity index (χ4v) is 8.18. The lowest BCUT2D eigenvalue weighted by atomic mass is 10.0. The second-order valence-corrected chi connectivity index (χ2v) is 19.1. The number of unbranched alkanes of at least 4 members (excludes halogenated alkanes) is 20. The zero-order valence-corrected chi connectivity index (χ0v) is 41.3. The summed E-state index contributed by atoms with van der Waals surface area (Å²) in [4.78, 5) is 54.9. The van der Waals surface area contributed by atoms with Gasteiger partial charge in [0, 0.05) is 23.8 Å². The second-order valence-electron chi connectivity index (χ2n) is 16.6. The minimum Gasteiger partial charge on any atom is -0.481 e. The molecule has 0 aliphatic rings. The van der Waals surface area contributed by atoms with E-state index in [1.54, 1.807) is 12.2 Å². The topological polar surface area (TPSA) is 203 Å². The van der Waals surface area contributed by atoms with Gasteiger partial charge in [-0.1, -0.05) is 177 Å². The molecule has 0 heterocycles. The summed E-state index contributed by atoms with van der Waals surface area (Å²) in [6, 6.07) is -1.14. The van der Waals surface area contributed by atoms with Gasteiger partial charge in [-0.05, 0) is 64.2 Å². The molecular weight excluding hydrogens is 854 g/mol. The van der Waals surface area contributed by atoms with Gasteiger partial charge in [-0.3, -0.25) is 18.9 Å². The van der Waals surface area contributed by atoms with E-state index in [4.69, 9.17) is 20.3 Å². The number of carbonyl (C=O) groups is 3. The molecule has 0 bridgehead atoms. The second kappa shape index (κ2) is 44.3. The van der Waals surface area contributed by atoms with E-state index in [1.807, 2.05) is 24.3 Å². The lowest BCUT2D eigenvalue weighted by Gasteiger charge is -2.22. The van der Waals surface area contributed by atoms with Crippen LogP contribution in [0.1, 0.15) is 194 Å². The largest absolute Gasteiger partial charge is 0.481 e. The molecule has 0 saturated carbocycles. The quantitative estimate of drug-likeness (QED) is 0.0127. The molecule has 0 aliphatic heterocycles. The van der Waals surface area contributed by atoms with E-state index in [9.17, 15) is 33.8 Å². The van der Waals surface area contributed by atoms with Crippen molar-refractivity contribution in [2.24, 2.45) is 5.73 Å². The normalized spacial score (nSPS) is 14.3. The molecule has 4 atom stereocenters. The van der Waals surface area contributed by atoms with Crippen LogP contribution in [0.2, 0.25) is 0 Å². The van der Waals surface area contributed by atoms with Gasteiger partial charge < -0.3 is 35.2 Å². The zero-order valence-electron chi connectivity index (χ0n) is 39.6. The molecule has 0 amide bonds. The van der Waals surface area contributed by atoms with E-state index in [1.165, 1.54) is 121 Å². The number of carboxylic acids is 1. The van der Waals surface area contributed by atoms with Gasteiger partial charge >= 0.3 is 25.7 Å². The van der Waals surface area contributed by atoms with E-state index in [2.05, 4.69) is 42.7 Å². The first-order valence-corrected chi connectivity index (χ1v) is 27.1. The summed E-state index contributed by atoms with van der Waals surface area (Å²) in [6.07, 6.45) is 46.9. The number of nitrogens with two attached hydrogens (primary N) is 1. The summed E-state index contributed by atoms with van der Waals surface area (Å²) in [6.45, 7) is 3.23. The Balaban J connectivity index is 4.63. The minimum atomic E-state index is -4.90. The highest BCUT2D eigenvalue weighted by Gasteiger charge is 2.26. The summed E-state index contributed by atoms with van der Waals surface area (Å²) in [5.74, 6) is -2.34. The number of allylic oxidation sites excluding steroid dienone is 9. The van der Waals surface area contributed by atoms with Crippen molar-refractivity contribution < 1.29 is 52.9 Å². The monoisotopic (exact) mass is 942 g/mol. The Morgan fingerprint density at radius 1 is 0.641 bits per heavy atom. The highest BCUT2D eigenvalue weighted by Crippen LogP contribution is 2.36. The average Bonchev–Trinajstić information content (AvgIpc) is 3.25. The van der Waals surface area contributed by atoms with Crippen LogP contribution in [0.3, 0.4) is 0 Å². The Morgan fingerprint density at radius 2 is 1.16 bits per heavy atom. The van der Waals surface area contributed by atoms with Crippen molar-refractivity contribution in [2.75, 3.05) is 19.0 Å². The van der Waals surface area contributed by atoms with Gasteiger partial charge in [-0.2, -0.15) is 0 Å². The summed E-state index contributed by atoms with van der Waals surface area (Å²) in [7, 11) is -4.90. The van der Waals surface area contributed by atoms with Crippen LogP contribution >= 0.6 is 19.6 Å². The lowest BCUT2D eigenvalue weighted by Crippen LogP contribution is -2.38. The van der Waals surface area contributed by atoms with Crippen molar-refractivity contribution in [3.63, 3.8) is 0 Å². The molecule has 0 rings (SSSR count). The molecule has 0 fully saturated rings. The number of carbonyl (C=O) groups excluding carboxylic acids is 2. The summed E-state index contributed by atoms with van der Waals surface area (Å²) < 4.78 is 26.6. The van der Waals surface area contributed by atoms with Crippen LogP contribution < -0.4 is 5.73 Å². The van der Waals surface area contributed by atoms with Gasteiger partial charge in [0.15, 0.2) is 6.10 Å². The maximum atomic E-state index is 12.8. The van der Waals surface area contributed by atoms with Crippen LogP contribution in [0.15, 0.2) is 60.8 Å². The number of aliphatic hydroxyl groups is 1. The van der Waals surface area contributed by atoms with Gasteiger partial charge in [0.1, 0.15) is 12.6 Å². The van der Waals surface area contributed by atoms with Crippen molar-refractivity contribution in [1.29, 1.82) is 0 Å². The zero-order chi connectivity index (χ0) is 47.4. The van der Waals surface area contributed by atoms with Crippen molar-refractivity contribution in [3.8, 4) is 0 Å². The fourth-order valence-electron chi connectivity index (χ4n) is 6.69. The maximum Gasteiger partial charge on any atom is 0.469 e. The van der Waals surface area contributed by atoms with Crippen LogP contribution in [0, 0.1) is 0 Å². The van der Waals surface area contributed by atoms with E-state index < -0.39 is 62.4 Å². The maximum absolute atomic E-state index is 12.8. The Kier molecular flexibility index (Phi) is 42.6. The first-order valence-electron chi connectivity index (χ1n) is 24.5. The van der Waals surface area contributed by atoms with Gasteiger partial charge in [-0.15, -0.1) is 11.8 Å². The first kappa shape index (κ1) is 61.5. The Hall–Kier alpha value is -2.51. The Bertz CT molecular complexity index is 1350. The Morgan fingerprint density at radius 3 is 1.73 bits per heavy atom. The molecule has 0 radical (unpaired) electrons. The predicted molar refractivity (Wildman–Crippen MR) is 263 cm³/mol. The number of phosphoric acid groups is 1. The lowest BCUT2D eigenvalue weighted by molar-refractivity contribution is -0.161. The number of rotatable bonds is 45. The molecule has 0 aromatic rings. The number of phosphoric ester groups is 1. The van der Waals surface area contributed by atoms with E-state index in [-0.39, 0.29) is 31.4 Å². The minimum absolute atomic E-state index is 0.0406. The van der Waals surface area contributed by atoms with Crippen molar-refractivity contribution in [1.82, 2.24) is 0 Å². The summed E-state index contributed by atoms with van der Waals surface area (Å²) in [5.41, 5.74) is 6.12. The number of aliphatic carboxylic acids is 1. The highest BCUT2D eigenvalue weighted by atomic mass is 32.2. The molecule has 0 aliphatic carbocycles. The van der Waals surface area contributed by atoms with E-state index >= 15 is 0 Å². The summed E-state index contributed by atoms with van der Waals surface area (Å²) in [5, 5.41) is 19.4. The molecule has 0 aromatic heterocycles. The fraction of sp³-hybridized carbons (Fsp3) is 0.740. The molecule has 12 nitrogen and oxygen atoms in total. The van der Waals surface area contributed by atoms with Gasteiger partial charge in [0.2, 0.25) is 0 Å². The Labute approximate surface area is 391 Å². The van der Waals surface area contributed by atoms with Crippen LogP contribution in [0.5, 0.6) is 0 Å².